The highest BCUT2D eigenvalue weighted by Gasteiger charge is 2.16. The molecule has 3 nitrogen and oxygen atoms in total. The Kier molecular flexibility index (Phi) is 3.77. The number of rotatable bonds is 5. The number of para-hydroxylation sites is 1. The number of methoxy groups -OCH3 is 1. The van der Waals surface area contributed by atoms with Gasteiger partial charge in [0.25, 0.3) is 0 Å². The van der Waals surface area contributed by atoms with Crippen LogP contribution in [0.25, 0.3) is 11.0 Å². The van der Waals surface area contributed by atoms with Gasteiger partial charge in [0, 0.05) is 25.5 Å². The molecular weight excluding hydrogens is 235 g/mol. The maximum atomic E-state index is 13.4. The number of halogens is 1. The summed E-state index contributed by atoms with van der Waals surface area (Å²) in [6, 6.07) is 6.21. The summed E-state index contributed by atoms with van der Waals surface area (Å²) in [5, 5.41) is 0.609. The number of ketones is 1. The van der Waals surface area contributed by atoms with Gasteiger partial charge in [-0.25, -0.2) is 4.39 Å². The molecule has 96 valence electrons. The SMILES string of the molecule is COCC(C)CC(=O)c1cc2cccc(F)c2o1. The second kappa shape index (κ2) is 5.31. The highest BCUT2D eigenvalue weighted by atomic mass is 19.1. The molecule has 2 rings (SSSR count). The van der Waals surface area contributed by atoms with E-state index in [0.717, 1.165) is 0 Å². The van der Waals surface area contributed by atoms with Gasteiger partial charge in [-0.15, -0.1) is 0 Å². The summed E-state index contributed by atoms with van der Waals surface area (Å²) in [4.78, 5) is 11.9. The Hall–Kier alpha value is -1.68. The lowest BCUT2D eigenvalue weighted by Gasteiger charge is -2.07. The molecule has 0 radical (unpaired) electrons. The summed E-state index contributed by atoms with van der Waals surface area (Å²) in [6.45, 7) is 2.44. The average molecular weight is 250 g/mol. The van der Waals surface area contributed by atoms with Crippen molar-refractivity contribution in [1.82, 2.24) is 0 Å². The molecule has 0 saturated carbocycles. The summed E-state index contributed by atoms with van der Waals surface area (Å²) < 4.78 is 23.7. The Morgan fingerprint density at radius 2 is 2.28 bits per heavy atom. The van der Waals surface area contributed by atoms with Crippen molar-refractivity contribution in [3.63, 3.8) is 0 Å². The first-order valence-electron chi connectivity index (χ1n) is 5.82. The smallest absolute Gasteiger partial charge is 0.198 e. The van der Waals surface area contributed by atoms with Crippen LogP contribution in [0, 0.1) is 11.7 Å². The quantitative estimate of drug-likeness (QED) is 0.763. The number of benzene rings is 1. The van der Waals surface area contributed by atoms with Crippen LogP contribution in [0.4, 0.5) is 4.39 Å². The van der Waals surface area contributed by atoms with Gasteiger partial charge in [0.15, 0.2) is 22.9 Å². The topological polar surface area (TPSA) is 39.4 Å². The van der Waals surface area contributed by atoms with Gasteiger partial charge in [0.05, 0.1) is 0 Å². The lowest BCUT2D eigenvalue weighted by atomic mass is 10.0. The van der Waals surface area contributed by atoms with Crippen LogP contribution in [-0.2, 0) is 4.74 Å². The van der Waals surface area contributed by atoms with Crippen LogP contribution in [0.15, 0.2) is 28.7 Å². The fraction of sp³-hybridized carbons (Fsp3) is 0.357. The van der Waals surface area contributed by atoms with Crippen molar-refractivity contribution in [2.24, 2.45) is 5.92 Å². The predicted octanol–water partition coefficient (Wildman–Crippen LogP) is 3.43. The molecule has 0 fully saturated rings. The van der Waals surface area contributed by atoms with Crippen LogP contribution in [-0.4, -0.2) is 19.5 Å². The van der Waals surface area contributed by atoms with Gasteiger partial charge in [-0.1, -0.05) is 19.1 Å². The van der Waals surface area contributed by atoms with Crippen molar-refractivity contribution in [2.75, 3.05) is 13.7 Å². The van der Waals surface area contributed by atoms with E-state index in [1.54, 1.807) is 25.3 Å². The van der Waals surface area contributed by atoms with E-state index in [1.165, 1.54) is 6.07 Å². The number of ether oxygens (including phenoxy) is 1. The Labute approximate surface area is 105 Å². The Morgan fingerprint density at radius 1 is 1.50 bits per heavy atom. The zero-order chi connectivity index (χ0) is 13.1. The number of hydrogen-bond acceptors (Lipinski definition) is 3. The molecule has 0 bridgehead atoms. The maximum absolute atomic E-state index is 13.4. The van der Waals surface area contributed by atoms with Gasteiger partial charge >= 0.3 is 0 Å². The first kappa shape index (κ1) is 12.8. The first-order chi connectivity index (χ1) is 8.61. The van der Waals surface area contributed by atoms with Gasteiger partial charge in [0.2, 0.25) is 0 Å². The van der Waals surface area contributed by atoms with Crippen molar-refractivity contribution >= 4 is 16.8 Å². The summed E-state index contributed by atoms with van der Waals surface area (Å²) in [5.41, 5.74) is 0.139. The largest absolute Gasteiger partial charge is 0.450 e. The molecule has 2 aromatic rings. The van der Waals surface area contributed by atoms with E-state index in [1.807, 2.05) is 6.92 Å². The van der Waals surface area contributed by atoms with Gasteiger partial charge in [0.1, 0.15) is 0 Å². The van der Waals surface area contributed by atoms with Gasteiger partial charge in [-0.2, -0.15) is 0 Å². The van der Waals surface area contributed by atoms with Crippen molar-refractivity contribution in [3.05, 3.63) is 35.8 Å². The van der Waals surface area contributed by atoms with E-state index in [0.29, 0.717) is 18.4 Å². The van der Waals surface area contributed by atoms with Crippen molar-refractivity contribution in [1.29, 1.82) is 0 Å². The van der Waals surface area contributed by atoms with E-state index >= 15 is 0 Å². The third-order valence-corrected chi connectivity index (χ3v) is 2.76. The molecular formula is C14H15FO3. The van der Waals surface area contributed by atoms with Crippen LogP contribution in [0.5, 0.6) is 0 Å². The molecule has 1 atom stereocenters. The zero-order valence-corrected chi connectivity index (χ0v) is 10.4. The van der Waals surface area contributed by atoms with Gasteiger partial charge < -0.3 is 9.15 Å². The minimum Gasteiger partial charge on any atom is -0.450 e. The predicted molar refractivity (Wildman–Crippen MR) is 66.2 cm³/mol. The molecule has 18 heavy (non-hydrogen) atoms. The fourth-order valence-corrected chi connectivity index (χ4v) is 1.93. The number of carbonyl (C=O) groups is 1. The second-order valence-electron chi connectivity index (χ2n) is 4.46. The molecule has 0 aliphatic carbocycles. The third kappa shape index (κ3) is 2.59. The summed E-state index contributed by atoms with van der Waals surface area (Å²) >= 11 is 0. The van der Waals surface area contributed by atoms with Crippen LogP contribution in [0.2, 0.25) is 0 Å². The molecule has 0 spiro atoms. The van der Waals surface area contributed by atoms with Crippen LogP contribution in [0.1, 0.15) is 23.9 Å². The second-order valence-corrected chi connectivity index (χ2v) is 4.46. The molecule has 0 N–H and O–H groups in total. The highest BCUT2D eigenvalue weighted by Crippen LogP contribution is 2.23. The van der Waals surface area contributed by atoms with E-state index in [2.05, 4.69) is 0 Å². The van der Waals surface area contributed by atoms with E-state index in [4.69, 9.17) is 9.15 Å². The van der Waals surface area contributed by atoms with Crippen molar-refractivity contribution in [2.45, 2.75) is 13.3 Å². The van der Waals surface area contributed by atoms with Crippen molar-refractivity contribution in [3.8, 4) is 0 Å². The zero-order valence-electron chi connectivity index (χ0n) is 10.4. The fourth-order valence-electron chi connectivity index (χ4n) is 1.93. The minimum absolute atomic E-state index is 0.112. The lowest BCUT2D eigenvalue weighted by molar-refractivity contribution is 0.0895. The minimum atomic E-state index is -0.448. The molecule has 4 heteroatoms. The summed E-state index contributed by atoms with van der Waals surface area (Å²) in [5.74, 6) is -0.259. The molecule has 0 saturated heterocycles. The van der Waals surface area contributed by atoms with Crippen molar-refractivity contribution < 1.29 is 18.3 Å². The maximum Gasteiger partial charge on any atom is 0.198 e. The molecule has 1 aromatic carbocycles. The Morgan fingerprint density at radius 3 is 2.94 bits per heavy atom. The molecule has 0 amide bonds. The summed E-state index contributed by atoms with van der Waals surface area (Å²) in [7, 11) is 1.59. The van der Waals surface area contributed by atoms with Crippen LogP contribution >= 0.6 is 0 Å². The third-order valence-electron chi connectivity index (χ3n) is 2.76. The average Bonchev–Trinajstić information content (AvgIpc) is 2.74. The van der Waals surface area contributed by atoms with Gasteiger partial charge in [-0.05, 0) is 18.1 Å². The van der Waals surface area contributed by atoms with Crippen LogP contribution < -0.4 is 0 Å². The molecule has 1 heterocycles. The number of carbonyl (C=O) groups excluding carboxylic acids is 1. The van der Waals surface area contributed by atoms with E-state index in [9.17, 15) is 9.18 Å². The number of hydrogen-bond donors (Lipinski definition) is 0. The highest BCUT2D eigenvalue weighted by molar-refractivity contribution is 5.97. The first-order valence-corrected chi connectivity index (χ1v) is 5.82. The normalized spacial score (nSPS) is 12.8. The van der Waals surface area contributed by atoms with Crippen LogP contribution in [0.3, 0.4) is 0 Å². The lowest BCUT2D eigenvalue weighted by Crippen LogP contribution is -2.10. The monoisotopic (exact) mass is 250 g/mol. The standard InChI is InChI=1S/C14H15FO3/c1-9(8-17-2)6-12(16)13-7-10-4-3-5-11(15)14(10)18-13/h3-5,7,9H,6,8H2,1-2H3. The molecule has 0 aliphatic rings. The van der Waals surface area contributed by atoms with Gasteiger partial charge in [-0.3, -0.25) is 4.79 Å². The Balaban J connectivity index is 2.21. The summed E-state index contributed by atoms with van der Waals surface area (Å²) in [6.07, 6.45) is 0.329. The molecule has 1 aromatic heterocycles. The number of Topliss-reactive ketones (excluding diaryl/α,β-unsaturated/α-hetero) is 1. The van der Waals surface area contributed by atoms with E-state index in [-0.39, 0.29) is 23.0 Å². The molecule has 0 aliphatic heterocycles. The molecule has 1 unspecified atom stereocenters. The van der Waals surface area contributed by atoms with E-state index < -0.39 is 5.82 Å². The number of fused-ring (bicyclic) bond motifs is 1. The Bertz CT molecular complexity index is 559. The number of furan rings is 1.